The zero-order valence-corrected chi connectivity index (χ0v) is 16.3. The van der Waals surface area contributed by atoms with Crippen molar-refractivity contribution in [3.8, 4) is 0 Å². The Balaban J connectivity index is 1.90. The number of amides is 2. The summed E-state index contributed by atoms with van der Waals surface area (Å²) in [4.78, 5) is 30.9. The summed E-state index contributed by atoms with van der Waals surface area (Å²) in [6.45, 7) is 5.83. The molecule has 0 bridgehead atoms. The molecule has 0 spiro atoms. The standard InChI is InChI=1S/C16H30N4O4S/c1-16(5-9-18(2)10-6-16)15(22)20-8-4-7-19(11-12-20)14(21)13-17-25(3,23)24/h17H,4-13H2,1-3H3. The molecule has 0 atom stereocenters. The summed E-state index contributed by atoms with van der Waals surface area (Å²) in [6.07, 6.45) is 3.47. The summed E-state index contributed by atoms with van der Waals surface area (Å²) < 4.78 is 24.5. The molecule has 0 saturated carbocycles. The summed E-state index contributed by atoms with van der Waals surface area (Å²) in [7, 11) is -1.31. The van der Waals surface area contributed by atoms with Crippen LogP contribution in [0.3, 0.4) is 0 Å². The second kappa shape index (κ2) is 8.01. The first-order valence-electron chi connectivity index (χ1n) is 8.81. The van der Waals surface area contributed by atoms with E-state index in [-0.39, 0.29) is 23.8 Å². The molecule has 2 aliphatic rings. The van der Waals surface area contributed by atoms with Gasteiger partial charge in [-0.3, -0.25) is 9.59 Å². The molecule has 2 rings (SSSR count). The Morgan fingerprint density at radius 3 is 2.16 bits per heavy atom. The van der Waals surface area contributed by atoms with Crippen molar-refractivity contribution in [1.82, 2.24) is 19.4 Å². The number of carbonyl (C=O) groups is 2. The SMILES string of the molecule is CN1CCC(C)(C(=O)N2CCCN(C(=O)CNS(C)(=O)=O)CC2)CC1. The molecule has 0 aliphatic carbocycles. The predicted molar refractivity (Wildman–Crippen MR) is 95.5 cm³/mol. The Hall–Kier alpha value is -1.19. The summed E-state index contributed by atoms with van der Waals surface area (Å²) in [5, 5.41) is 0. The van der Waals surface area contributed by atoms with Crippen molar-refractivity contribution < 1.29 is 18.0 Å². The normalized spacial score (nSPS) is 22.5. The van der Waals surface area contributed by atoms with Gasteiger partial charge in [0.25, 0.3) is 0 Å². The smallest absolute Gasteiger partial charge is 0.237 e. The fourth-order valence-corrected chi connectivity index (χ4v) is 3.77. The number of rotatable bonds is 4. The summed E-state index contributed by atoms with van der Waals surface area (Å²) in [6, 6.07) is 0. The van der Waals surface area contributed by atoms with Gasteiger partial charge in [-0.2, -0.15) is 0 Å². The second-order valence-electron chi connectivity index (χ2n) is 7.48. The fourth-order valence-electron chi connectivity index (χ4n) is 3.38. The molecule has 0 aromatic heterocycles. The average Bonchev–Trinajstić information content (AvgIpc) is 2.80. The number of likely N-dealkylation sites (tertiary alicyclic amines) is 1. The Morgan fingerprint density at radius 2 is 1.56 bits per heavy atom. The van der Waals surface area contributed by atoms with Crippen LogP contribution in [-0.2, 0) is 19.6 Å². The Bertz CT molecular complexity index is 599. The molecule has 2 aliphatic heterocycles. The van der Waals surface area contributed by atoms with Crippen LogP contribution in [0.1, 0.15) is 26.2 Å². The van der Waals surface area contributed by atoms with E-state index in [2.05, 4.69) is 16.7 Å². The third kappa shape index (κ3) is 5.65. The number of carbonyl (C=O) groups excluding carboxylic acids is 2. The monoisotopic (exact) mass is 374 g/mol. The van der Waals surface area contributed by atoms with Crippen LogP contribution in [0.5, 0.6) is 0 Å². The molecular formula is C16H30N4O4S. The van der Waals surface area contributed by atoms with Gasteiger partial charge in [-0.25, -0.2) is 13.1 Å². The average molecular weight is 375 g/mol. The van der Waals surface area contributed by atoms with Gasteiger partial charge in [0.2, 0.25) is 21.8 Å². The van der Waals surface area contributed by atoms with Crippen LogP contribution < -0.4 is 4.72 Å². The number of nitrogens with zero attached hydrogens (tertiary/aromatic N) is 3. The van der Waals surface area contributed by atoms with Crippen LogP contribution in [0.2, 0.25) is 0 Å². The van der Waals surface area contributed by atoms with Crippen molar-refractivity contribution in [2.24, 2.45) is 5.41 Å². The maximum absolute atomic E-state index is 13.0. The van der Waals surface area contributed by atoms with Crippen LogP contribution in [-0.4, -0.2) is 94.0 Å². The number of hydrogen-bond acceptors (Lipinski definition) is 5. The maximum atomic E-state index is 13.0. The first-order chi connectivity index (χ1) is 11.6. The van der Waals surface area contributed by atoms with Crippen LogP contribution in [0.25, 0.3) is 0 Å². The van der Waals surface area contributed by atoms with Crippen molar-refractivity contribution in [3.63, 3.8) is 0 Å². The molecular weight excluding hydrogens is 344 g/mol. The van der Waals surface area contributed by atoms with Gasteiger partial charge >= 0.3 is 0 Å². The van der Waals surface area contributed by atoms with E-state index in [9.17, 15) is 18.0 Å². The molecule has 2 saturated heterocycles. The van der Waals surface area contributed by atoms with E-state index < -0.39 is 10.0 Å². The fraction of sp³-hybridized carbons (Fsp3) is 0.875. The van der Waals surface area contributed by atoms with Crippen LogP contribution in [0, 0.1) is 5.41 Å². The molecule has 0 aromatic rings. The molecule has 9 heteroatoms. The molecule has 1 N–H and O–H groups in total. The van der Waals surface area contributed by atoms with Crippen molar-refractivity contribution in [2.75, 3.05) is 59.1 Å². The van der Waals surface area contributed by atoms with E-state index in [1.54, 1.807) is 4.90 Å². The number of piperidine rings is 1. The summed E-state index contributed by atoms with van der Waals surface area (Å²) in [5.74, 6) is -0.0608. The van der Waals surface area contributed by atoms with Crippen molar-refractivity contribution in [3.05, 3.63) is 0 Å². The lowest BCUT2D eigenvalue weighted by atomic mass is 9.79. The van der Waals surface area contributed by atoms with Gasteiger partial charge in [0, 0.05) is 31.6 Å². The second-order valence-corrected chi connectivity index (χ2v) is 9.32. The van der Waals surface area contributed by atoms with Gasteiger partial charge in [-0.1, -0.05) is 6.92 Å². The molecule has 0 radical (unpaired) electrons. The lowest BCUT2D eigenvalue weighted by Crippen LogP contribution is -2.49. The quantitative estimate of drug-likeness (QED) is 0.705. The molecule has 2 amide bonds. The number of sulfonamides is 1. The maximum Gasteiger partial charge on any atom is 0.237 e. The summed E-state index contributed by atoms with van der Waals surface area (Å²) >= 11 is 0. The highest BCUT2D eigenvalue weighted by atomic mass is 32.2. The van der Waals surface area contributed by atoms with Crippen molar-refractivity contribution >= 4 is 21.8 Å². The highest BCUT2D eigenvalue weighted by Gasteiger charge is 2.39. The Labute approximate surface area is 150 Å². The van der Waals surface area contributed by atoms with E-state index in [0.29, 0.717) is 32.6 Å². The Morgan fingerprint density at radius 1 is 1.00 bits per heavy atom. The van der Waals surface area contributed by atoms with Crippen LogP contribution >= 0.6 is 0 Å². The third-order valence-electron chi connectivity index (χ3n) is 5.23. The molecule has 0 unspecified atom stereocenters. The van der Waals surface area contributed by atoms with Gasteiger partial charge in [0.1, 0.15) is 0 Å². The minimum absolute atomic E-state index is 0.184. The topological polar surface area (TPSA) is 90.0 Å². The van der Waals surface area contributed by atoms with Gasteiger partial charge in [-0.15, -0.1) is 0 Å². The highest BCUT2D eigenvalue weighted by Crippen LogP contribution is 2.32. The number of hydrogen-bond donors (Lipinski definition) is 1. The molecule has 2 heterocycles. The van der Waals surface area contributed by atoms with E-state index in [1.165, 1.54) is 0 Å². The molecule has 25 heavy (non-hydrogen) atoms. The van der Waals surface area contributed by atoms with Crippen molar-refractivity contribution in [2.45, 2.75) is 26.2 Å². The zero-order valence-electron chi connectivity index (χ0n) is 15.5. The van der Waals surface area contributed by atoms with Crippen LogP contribution in [0.15, 0.2) is 0 Å². The van der Waals surface area contributed by atoms with Gasteiger partial charge in [0.05, 0.1) is 12.8 Å². The number of nitrogens with one attached hydrogen (secondary N) is 1. The molecule has 8 nitrogen and oxygen atoms in total. The van der Waals surface area contributed by atoms with Crippen LogP contribution in [0.4, 0.5) is 0 Å². The molecule has 2 fully saturated rings. The van der Waals surface area contributed by atoms with Gasteiger partial charge in [-0.05, 0) is 39.4 Å². The third-order valence-corrected chi connectivity index (χ3v) is 5.90. The Kier molecular flexibility index (Phi) is 6.45. The van der Waals surface area contributed by atoms with E-state index >= 15 is 0 Å². The lowest BCUT2D eigenvalue weighted by molar-refractivity contribution is -0.144. The van der Waals surface area contributed by atoms with Crippen molar-refractivity contribution in [1.29, 1.82) is 0 Å². The first-order valence-corrected chi connectivity index (χ1v) is 10.7. The molecule has 0 aromatic carbocycles. The minimum Gasteiger partial charge on any atom is -0.340 e. The minimum atomic E-state index is -3.38. The van der Waals surface area contributed by atoms with E-state index in [0.717, 1.165) is 32.2 Å². The van der Waals surface area contributed by atoms with E-state index in [4.69, 9.17) is 0 Å². The predicted octanol–water partition coefficient (Wildman–Crippen LogP) is -0.672. The van der Waals surface area contributed by atoms with Gasteiger partial charge in [0.15, 0.2) is 0 Å². The van der Waals surface area contributed by atoms with E-state index in [1.807, 2.05) is 11.8 Å². The highest BCUT2D eigenvalue weighted by molar-refractivity contribution is 7.88. The molecule has 144 valence electrons. The lowest BCUT2D eigenvalue weighted by Gasteiger charge is -2.39. The first kappa shape index (κ1) is 20.1. The van der Waals surface area contributed by atoms with Gasteiger partial charge < -0.3 is 14.7 Å². The zero-order chi connectivity index (χ0) is 18.7. The largest absolute Gasteiger partial charge is 0.340 e. The summed E-state index contributed by atoms with van der Waals surface area (Å²) in [5.41, 5.74) is -0.316.